The summed E-state index contributed by atoms with van der Waals surface area (Å²) in [6.07, 6.45) is 0. The number of nitro benzene ring substituents is 1. The third-order valence-corrected chi connectivity index (χ3v) is 2.49. The summed E-state index contributed by atoms with van der Waals surface area (Å²) in [4.78, 5) is 10.5. The molecule has 7 heteroatoms. The van der Waals surface area contributed by atoms with Crippen LogP contribution in [-0.2, 0) is 13.6 Å². The summed E-state index contributed by atoms with van der Waals surface area (Å²) >= 11 is 0. The maximum absolute atomic E-state index is 10.9. The van der Waals surface area contributed by atoms with Gasteiger partial charge in [0.05, 0.1) is 17.0 Å². The normalized spacial score (nSPS) is 10.5. The Morgan fingerprint density at radius 2 is 2.12 bits per heavy atom. The van der Waals surface area contributed by atoms with E-state index in [2.05, 4.69) is 10.2 Å². The molecule has 0 amide bonds. The van der Waals surface area contributed by atoms with Crippen molar-refractivity contribution >= 4 is 5.69 Å². The first-order chi connectivity index (χ1) is 8.15. The molecule has 2 aromatic rings. The molecule has 0 spiro atoms. The molecule has 88 valence electrons. The van der Waals surface area contributed by atoms with Gasteiger partial charge in [0.1, 0.15) is 5.82 Å². The monoisotopic (exact) mass is 233 g/mol. The van der Waals surface area contributed by atoms with Gasteiger partial charge in [-0.25, -0.2) is 0 Å². The van der Waals surface area contributed by atoms with E-state index in [9.17, 15) is 10.1 Å². The SMILES string of the molecule is Cn1c(CN)nnc1-c1ccccc1[N+](=O)[O-]. The van der Waals surface area contributed by atoms with Gasteiger partial charge >= 0.3 is 0 Å². The molecule has 0 fully saturated rings. The Morgan fingerprint density at radius 3 is 2.71 bits per heavy atom. The fourth-order valence-corrected chi connectivity index (χ4v) is 1.60. The molecular formula is C10H11N5O2. The van der Waals surface area contributed by atoms with Crippen LogP contribution in [0.2, 0.25) is 0 Å². The number of nitro groups is 1. The van der Waals surface area contributed by atoms with Gasteiger partial charge in [-0.1, -0.05) is 12.1 Å². The number of hydrogen-bond donors (Lipinski definition) is 1. The van der Waals surface area contributed by atoms with Crippen LogP contribution < -0.4 is 5.73 Å². The first-order valence-corrected chi connectivity index (χ1v) is 4.97. The van der Waals surface area contributed by atoms with Crippen LogP contribution in [0.15, 0.2) is 24.3 Å². The average Bonchev–Trinajstić information content (AvgIpc) is 2.70. The molecule has 7 nitrogen and oxygen atoms in total. The Balaban J connectivity index is 2.60. The highest BCUT2D eigenvalue weighted by atomic mass is 16.6. The first kappa shape index (κ1) is 11.2. The van der Waals surface area contributed by atoms with Crippen molar-refractivity contribution in [3.8, 4) is 11.4 Å². The summed E-state index contributed by atoms with van der Waals surface area (Å²) in [7, 11) is 1.73. The molecule has 0 saturated carbocycles. The number of rotatable bonds is 3. The Kier molecular flexibility index (Phi) is 2.84. The summed E-state index contributed by atoms with van der Waals surface area (Å²) in [6.45, 7) is 0.240. The van der Waals surface area contributed by atoms with Gasteiger partial charge in [-0.2, -0.15) is 0 Å². The Morgan fingerprint density at radius 1 is 1.41 bits per heavy atom. The molecule has 0 radical (unpaired) electrons. The van der Waals surface area contributed by atoms with Gasteiger partial charge in [-0.15, -0.1) is 10.2 Å². The lowest BCUT2D eigenvalue weighted by Crippen LogP contribution is -2.06. The number of aromatic nitrogens is 3. The number of nitrogens with two attached hydrogens (primary N) is 1. The van der Waals surface area contributed by atoms with Gasteiger partial charge in [0.15, 0.2) is 5.82 Å². The fraction of sp³-hybridized carbons (Fsp3) is 0.200. The lowest BCUT2D eigenvalue weighted by Gasteiger charge is -2.03. The molecule has 0 atom stereocenters. The second kappa shape index (κ2) is 4.30. The van der Waals surface area contributed by atoms with E-state index in [1.54, 1.807) is 29.8 Å². The van der Waals surface area contributed by atoms with Crippen LogP contribution in [0.3, 0.4) is 0 Å². The zero-order chi connectivity index (χ0) is 12.4. The summed E-state index contributed by atoms with van der Waals surface area (Å²) in [5.41, 5.74) is 5.93. The van der Waals surface area contributed by atoms with Crippen LogP contribution in [0.4, 0.5) is 5.69 Å². The molecule has 1 aromatic heterocycles. The van der Waals surface area contributed by atoms with E-state index in [4.69, 9.17) is 5.73 Å². The fourth-order valence-electron chi connectivity index (χ4n) is 1.60. The second-order valence-corrected chi connectivity index (χ2v) is 3.48. The molecule has 0 bridgehead atoms. The van der Waals surface area contributed by atoms with Crippen LogP contribution >= 0.6 is 0 Å². The molecule has 0 saturated heterocycles. The Labute approximate surface area is 97.0 Å². The predicted octanol–water partition coefficient (Wildman–Crippen LogP) is 0.849. The highest BCUT2D eigenvalue weighted by molar-refractivity contribution is 5.67. The lowest BCUT2D eigenvalue weighted by atomic mass is 10.1. The van der Waals surface area contributed by atoms with E-state index in [-0.39, 0.29) is 12.2 Å². The van der Waals surface area contributed by atoms with Gasteiger partial charge in [0.2, 0.25) is 0 Å². The van der Waals surface area contributed by atoms with Gasteiger partial charge in [-0.3, -0.25) is 10.1 Å². The standard InChI is InChI=1S/C10H11N5O2/c1-14-9(6-11)12-13-10(14)7-4-2-3-5-8(7)15(16)17/h2-5H,6,11H2,1H3. The molecular weight excluding hydrogens is 222 g/mol. The highest BCUT2D eigenvalue weighted by Gasteiger charge is 2.19. The van der Waals surface area contributed by atoms with Crippen molar-refractivity contribution in [1.29, 1.82) is 0 Å². The summed E-state index contributed by atoms with van der Waals surface area (Å²) in [5, 5.41) is 18.7. The van der Waals surface area contributed by atoms with Crippen molar-refractivity contribution in [2.24, 2.45) is 12.8 Å². The molecule has 17 heavy (non-hydrogen) atoms. The minimum atomic E-state index is -0.438. The number of benzene rings is 1. The minimum Gasteiger partial charge on any atom is -0.324 e. The number of para-hydroxylation sites is 1. The van der Waals surface area contributed by atoms with Crippen molar-refractivity contribution < 1.29 is 4.92 Å². The topological polar surface area (TPSA) is 99.9 Å². The molecule has 1 aromatic carbocycles. The van der Waals surface area contributed by atoms with Crippen LogP contribution in [-0.4, -0.2) is 19.7 Å². The molecule has 0 aliphatic heterocycles. The largest absolute Gasteiger partial charge is 0.324 e. The highest BCUT2D eigenvalue weighted by Crippen LogP contribution is 2.27. The Hall–Kier alpha value is -2.28. The lowest BCUT2D eigenvalue weighted by molar-refractivity contribution is -0.384. The van der Waals surface area contributed by atoms with Crippen LogP contribution in [0.5, 0.6) is 0 Å². The van der Waals surface area contributed by atoms with Crippen molar-refractivity contribution in [2.45, 2.75) is 6.54 Å². The van der Waals surface area contributed by atoms with E-state index in [1.807, 2.05) is 0 Å². The molecule has 0 aliphatic rings. The zero-order valence-corrected chi connectivity index (χ0v) is 9.20. The maximum Gasteiger partial charge on any atom is 0.280 e. The van der Waals surface area contributed by atoms with Gasteiger partial charge < -0.3 is 10.3 Å². The number of hydrogen-bond acceptors (Lipinski definition) is 5. The smallest absolute Gasteiger partial charge is 0.280 e. The zero-order valence-electron chi connectivity index (χ0n) is 9.20. The average molecular weight is 233 g/mol. The number of nitrogens with zero attached hydrogens (tertiary/aromatic N) is 4. The van der Waals surface area contributed by atoms with Crippen molar-refractivity contribution in [1.82, 2.24) is 14.8 Å². The molecule has 0 aliphatic carbocycles. The summed E-state index contributed by atoms with van der Waals surface area (Å²) in [6, 6.07) is 6.41. The quantitative estimate of drug-likeness (QED) is 0.625. The van der Waals surface area contributed by atoms with E-state index in [0.29, 0.717) is 17.2 Å². The van der Waals surface area contributed by atoms with E-state index in [1.165, 1.54) is 6.07 Å². The molecule has 2 N–H and O–H groups in total. The maximum atomic E-state index is 10.9. The first-order valence-electron chi connectivity index (χ1n) is 4.97. The van der Waals surface area contributed by atoms with Gasteiger partial charge in [-0.05, 0) is 6.07 Å². The molecule has 1 heterocycles. The summed E-state index contributed by atoms with van der Waals surface area (Å²) in [5.74, 6) is 1.02. The van der Waals surface area contributed by atoms with Crippen LogP contribution in [0, 0.1) is 10.1 Å². The van der Waals surface area contributed by atoms with Crippen molar-refractivity contribution in [3.63, 3.8) is 0 Å². The van der Waals surface area contributed by atoms with Crippen LogP contribution in [0.25, 0.3) is 11.4 Å². The second-order valence-electron chi connectivity index (χ2n) is 3.48. The molecule has 2 rings (SSSR count). The molecule has 0 unspecified atom stereocenters. The third kappa shape index (κ3) is 1.87. The van der Waals surface area contributed by atoms with Crippen LogP contribution in [0.1, 0.15) is 5.82 Å². The third-order valence-electron chi connectivity index (χ3n) is 2.49. The van der Waals surface area contributed by atoms with E-state index in [0.717, 1.165) is 0 Å². The Bertz CT molecular complexity index is 564. The van der Waals surface area contributed by atoms with E-state index < -0.39 is 4.92 Å². The van der Waals surface area contributed by atoms with E-state index >= 15 is 0 Å². The van der Waals surface area contributed by atoms with Crippen molar-refractivity contribution in [2.75, 3.05) is 0 Å². The predicted molar refractivity (Wildman–Crippen MR) is 61.0 cm³/mol. The minimum absolute atomic E-state index is 0.00608. The van der Waals surface area contributed by atoms with Gasteiger partial charge in [0, 0.05) is 13.1 Å². The van der Waals surface area contributed by atoms with Crippen molar-refractivity contribution in [3.05, 3.63) is 40.2 Å². The summed E-state index contributed by atoms with van der Waals surface area (Å²) < 4.78 is 1.66. The van der Waals surface area contributed by atoms with Gasteiger partial charge in [0.25, 0.3) is 5.69 Å².